The molecule has 1 saturated heterocycles. The summed E-state index contributed by atoms with van der Waals surface area (Å²) in [6.07, 6.45) is -0.512. The minimum atomic E-state index is -2.96. The molecule has 6 nitrogen and oxygen atoms in total. The van der Waals surface area contributed by atoms with Crippen LogP contribution in [0.3, 0.4) is 0 Å². The summed E-state index contributed by atoms with van der Waals surface area (Å²) in [6, 6.07) is 4.82. The second-order valence-corrected chi connectivity index (χ2v) is 6.53. The molecule has 1 aliphatic rings. The number of ether oxygens (including phenoxy) is 2. The first-order chi connectivity index (χ1) is 8.89. The predicted molar refractivity (Wildman–Crippen MR) is 67.4 cm³/mol. The molecule has 1 aliphatic heterocycles. The molecular formula is C12H14O6S. The van der Waals surface area contributed by atoms with Crippen molar-refractivity contribution in [2.45, 2.75) is 12.5 Å². The third-order valence-electron chi connectivity index (χ3n) is 2.76. The zero-order valence-electron chi connectivity index (χ0n) is 10.3. The van der Waals surface area contributed by atoms with Crippen LogP contribution in [0, 0.1) is 0 Å². The third kappa shape index (κ3) is 3.37. The normalized spacial score (nSPS) is 17.5. The number of hydrogen-bond donors (Lipinski definition) is 1. The molecule has 0 bridgehead atoms. The molecule has 0 aromatic heterocycles. The number of aliphatic carboxylic acids is 1. The highest BCUT2D eigenvalue weighted by Gasteiger charge is 2.35. The van der Waals surface area contributed by atoms with Crippen molar-refractivity contribution in [3.63, 3.8) is 0 Å². The van der Waals surface area contributed by atoms with Crippen LogP contribution in [0.4, 0.5) is 0 Å². The third-order valence-corrected chi connectivity index (χ3v) is 4.52. The van der Waals surface area contributed by atoms with Gasteiger partial charge < -0.3 is 14.6 Å². The molecular weight excluding hydrogens is 272 g/mol. The highest BCUT2D eigenvalue weighted by atomic mass is 32.2. The molecule has 0 aliphatic carbocycles. The Kier molecular flexibility index (Phi) is 3.66. The van der Waals surface area contributed by atoms with Crippen LogP contribution < -0.4 is 9.47 Å². The lowest BCUT2D eigenvalue weighted by atomic mass is 10.1. The van der Waals surface area contributed by atoms with Gasteiger partial charge in [-0.25, -0.2) is 8.42 Å². The van der Waals surface area contributed by atoms with Crippen molar-refractivity contribution in [1.29, 1.82) is 0 Å². The van der Waals surface area contributed by atoms with Gasteiger partial charge in [0.25, 0.3) is 0 Å². The minimum absolute atomic E-state index is 0.0146. The topological polar surface area (TPSA) is 89.9 Å². The van der Waals surface area contributed by atoms with Crippen LogP contribution in [-0.4, -0.2) is 44.2 Å². The Morgan fingerprint density at radius 2 is 2.05 bits per heavy atom. The fourth-order valence-corrected chi connectivity index (χ4v) is 3.03. The zero-order valence-corrected chi connectivity index (χ0v) is 11.1. The highest BCUT2D eigenvalue weighted by Crippen LogP contribution is 2.31. The van der Waals surface area contributed by atoms with Crippen LogP contribution in [0.5, 0.6) is 11.5 Å². The maximum absolute atomic E-state index is 11.1. The van der Waals surface area contributed by atoms with Gasteiger partial charge in [0.1, 0.15) is 6.10 Å². The number of carboxylic acid groups (broad SMARTS) is 1. The van der Waals surface area contributed by atoms with Gasteiger partial charge >= 0.3 is 5.97 Å². The summed E-state index contributed by atoms with van der Waals surface area (Å²) >= 11 is 0. The van der Waals surface area contributed by atoms with E-state index in [0.29, 0.717) is 17.1 Å². The Balaban J connectivity index is 2.14. The molecule has 1 fully saturated rings. The Bertz CT molecular complexity index is 580. The summed E-state index contributed by atoms with van der Waals surface area (Å²) < 4.78 is 32.8. The smallest absolute Gasteiger partial charge is 0.307 e. The summed E-state index contributed by atoms with van der Waals surface area (Å²) in [5.41, 5.74) is 0.575. The lowest BCUT2D eigenvalue weighted by Gasteiger charge is -2.27. The van der Waals surface area contributed by atoms with Crippen LogP contribution in [0.2, 0.25) is 0 Å². The van der Waals surface area contributed by atoms with Crippen molar-refractivity contribution in [1.82, 2.24) is 0 Å². The second-order valence-electron chi connectivity index (χ2n) is 4.37. The van der Waals surface area contributed by atoms with Gasteiger partial charge in [0.2, 0.25) is 0 Å². The Labute approximate surface area is 110 Å². The summed E-state index contributed by atoms with van der Waals surface area (Å²) in [6.45, 7) is 0. The van der Waals surface area contributed by atoms with E-state index in [1.165, 1.54) is 7.11 Å². The van der Waals surface area contributed by atoms with E-state index in [1.54, 1.807) is 18.2 Å². The van der Waals surface area contributed by atoms with Gasteiger partial charge in [0.15, 0.2) is 21.3 Å². The van der Waals surface area contributed by atoms with Gasteiger partial charge in [-0.05, 0) is 17.7 Å². The fourth-order valence-electron chi connectivity index (χ4n) is 1.86. The lowest BCUT2D eigenvalue weighted by Crippen LogP contribution is -2.45. The SMILES string of the molecule is COc1ccc(CC(=O)O)cc1OC1CS(=O)(=O)C1. The van der Waals surface area contributed by atoms with Gasteiger partial charge in [0, 0.05) is 0 Å². The summed E-state index contributed by atoms with van der Waals surface area (Å²) in [5.74, 6) is -0.138. The first-order valence-electron chi connectivity index (χ1n) is 5.65. The summed E-state index contributed by atoms with van der Waals surface area (Å²) in [4.78, 5) is 10.7. The Morgan fingerprint density at radius 1 is 1.37 bits per heavy atom. The van der Waals surface area contributed by atoms with E-state index in [-0.39, 0.29) is 24.0 Å². The number of sulfone groups is 1. The number of carbonyl (C=O) groups is 1. The second kappa shape index (κ2) is 5.08. The number of hydrogen-bond acceptors (Lipinski definition) is 5. The standard InChI is InChI=1S/C12H14O6S/c1-17-10-3-2-8(5-12(13)14)4-11(10)18-9-6-19(15,16)7-9/h2-4,9H,5-7H2,1H3,(H,13,14). The van der Waals surface area contributed by atoms with Crippen molar-refractivity contribution in [3.8, 4) is 11.5 Å². The average Bonchev–Trinajstić information content (AvgIpc) is 2.26. The molecule has 19 heavy (non-hydrogen) atoms. The van der Waals surface area contributed by atoms with Crippen molar-refractivity contribution in [2.75, 3.05) is 18.6 Å². The summed E-state index contributed by atoms with van der Waals surface area (Å²) in [5, 5.41) is 8.74. The summed E-state index contributed by atoms with van der Waals surface area (Å²) in [7, 11) is -1.49. The van der Waals surface area contributed by atoms with Crippen LogP contribution in [-0.2, 0) is 21.1 Å². The first-order valence-corrected chi connectivity index (χ1v) is 7.47. The molecule has 2 rings (SSSR count). The zero-order chi connectivity index (χ0) is 14.0. The first kappa shape index (κ1) is 13.7. The molecule has 1 aromatic rings. The monoisotopic (exact) mass is 286 g/mol. The predicted octanol–water partition coefficient (Wildman–Crippen LogP) is 0.498. The van der Waals surface area contributed by atoms with E-state index in [0.717, 1.165) is 0 Å². The van der Waals surface area contributed by atoms with E-state index in [9.17, 15) is 13.2 Å². The van der Waals surface area contributed by atoms with E-state index in [2.05, 4.69) is 0 Å². The molecule has 0 radical (unpaired) electrons. The van der Waals surface area contributed by atoms with Crippen LogP contribution >= 0.6 is 0 Å². The van der Waals surface area contributed by atoms with Gasteiger partial charge in [-0.1, -0.05) is 6.07 Å². The molecule has 0 unspecified atom stereocenters. The number of methoxy groups -OCH3 is 1. The van der Waals surface area contributed by atoms with E-state index in [1.807, 2.05) is 0 Å². The molecule has 1 N–H and O–H groups in total. The lowest BCUT2D eigenvalue weighted by molar-refractivity contribution is -0.136. The van der Waals surface area contributed by atoms with Crippen molar-refractivity contribution in [3.05, 3.63) is 23.8 Å². The van der Waals surface area contributed by atoms with Crippen molar-refractivity contribution < 1.29 is 27.8 Å². The van der Waals surface area contributed by atoms with Crippen LogP contribution in [0.1, 0.15) is 5.56 Å². The molecule has 0 atom stereocenters. The number of rotatable bonds is 5. The fraction of sp³-hybridized carbons (Fsp3) is 0.417. The van der Waals surface area contributed by atoms with Crippen molar-refractivity contribution in [2.24, 2.45) is 0 Å². The van der Waals surface area contributed by atoms with Crippen LogP contribution in [0.25, 0.3) is 0 Å². The molecule has 7 heteroatoms. The number of benzene rings is 1. The van der Waals surface area contributed by atoms with Crippen LogP contribution in [0.15, 0.2) is 18.2 Å². The van der Waals surface area contributed by atoms with Gasteiger partial charge in [-0.15, -0.1) is 0 Å². The van der Waals surface area contributed by atoms with Crippen molar-refractivity contribution >= 4 is 15.8 Å². The van der Waals surface area contributed by atoms with Gasteiger partial charge in [0.05, 0.1) is 25.0 Å². The maximum Gasteiger partial charge on any atom is 0.307 e. The van der Waals surface area contributed by atoms with E-state index < -0.39 is 15.8 Å². The maximum atomic E-state index is 11.1. The van der Waals surface area contributed by atoms with E-state index in [4.69, 9.17) is 14.6 Å². The molecule has 1 aromatic carbocycles. The van der Waals surface area contributed by atoms with Gasteiger partial charge in [-0.2, -0.15) is 0 Å². The minimum Gasteiger partial charge on any atom is -0.493 e. The molecule has 104 valence electrons. The highest BCUT2D eigenvalue weighted by molar-refractivity contribution is 7.92. The van der Waals surface area contributed by atoms with Gasteiger partial charge in [-0.3, -0.25) is 4.79 Å². The quantitative estimate of drug-likeness (QED) is 0.847. The average molecular weight is 286 g/mol. The molecule has 0 amide bonds. The largest absolute Gasteiger partial charge is 0.493 e. The Hall–Kier alpha value is -1.76. The molecule has 1 heterocycles. The number of carboxylic acids is 1. The van der Waals surface area contributed by atoms with E-state index >= 15 is 0 Å². The Morgan fingerprint density at radius 3 is 2.58 bits per heavy atom. The molecule has 0 spiro atoms. The molecule has 0 saturated carbocycles.